The molecule has 0 amide bonds. The zero-order valence-corrected chi connectivity index (χ0v) is 17.6. The number of nitrogens with one attached hydrogen (secondary N) is 1. The third kappa shape index (κ3) is 4.51. The van der Waals surface area contributed by atoms with Crippen LogP contribution in [-0.4, -0.2) is 28.4 Å². The van der Waals surface area contributed by atoms with Crippen LogP contribution in [0.1, 0.15) is 12.5 Å². The minimum absolute atomic E-state index is 0.505. The number of aliphatic hydroxyl groups excluding tert-OH is 1. The van der Waals surface area contributed by atoms with Gasteiger partial charge in [-0.1, -0.05) is 24.3 Å². The van der Waals surface area contributed by atoms with E-state index in [2.05, 4.69) is 15.5 Å². The molecule has 3 aromatic carbocycles. The smallest absolute Gasteiger partial charge is 0.194 e. The molecule has 0 spiro atoms. The Morgan fingerprint density at radius 3 is 2.55 bits per heavy atom. The van der Waals surface area contributed by atoms with Crippen molar-refractivity contribution >= 4 is 28.1 Å². The van der Waals surface area contributed by atoms with E-state index in [0.717, 1.165) is 27.8 Å². The van der Waals surface area contributed by atoms with Crippen molar-refractivity contribution in [3.05, 3.63) is 72.3 Å². The second-order valence-corrected chi connectivity index (χ2v) is 7.05. The second-order valence-electron chi connectivity index (χ2n) is 7.05. The van der Waals surface area contributed by atoms with Gasteiger partial charge in [0.15, 0.2) is 12.1 Å². The molecule has 1 unspecified atom stereocenters. The van der Waals surface area contributed by atoms with Crippen molar-refractivity contribution in [2.75, 3.05) is 12.4 Å². The molecule has 0 saturated carbocycles. The first kappa shape index (κ1) is 20.4. The predicted molar refractivity (Wildman–Crippen MR) is 122 cm³/mol. The molecular formula is C24H23N5O2. The molecule has 0 aliphatic carbocycles. The molecule has 4 aromatic rings. The van der Waals surface area contributed by atoms with Crippen molar-refractivity contribution in [2.45, 2.75) is 20.1 Å². The molecule has 0 aliphatic rings. The van der Waals surface area contributed by atoms with Gasteiger partial charge in [0, 0.05) is 18.1 Å². The highest BCUT2D eigenvalue weighted by atomic mass is 16.6. The van der Waals surface area contributed by atoms with E-state index in [4.69, 9.17) is 14.7 Å². The van der Waals surface area contributed by atoms with E-state index in [1.807, 2.05) is 67.6 Å². The first-order valence-corrected chi connectivity index (χ1v) is 9.93. The first-order chi connectivity index (χ1) is 15.0. The largest absolute Gasteiger partial charge is 0.465 e. The first-order valence-electron chi connectivity index (χ1n) is 9.93. The van der Waals surface area contributed by atoms with Crippen LogP contribution < -0.4 is 10.1 Å². The van der Waals surface area contributed by atoms with Crippen molar-refractivity contribution in [1.29, 1.82) is 0 Å². The number of anilines is 2. The maximum atomic E-state index is 9.70. The fourth-order valence-electron chi connectivity index (χ4n) is 3.32. The molecule has 4 rings (SSSR count). The van der Waals surface area contributed by atoms with Gasteiger partial charge in [0.25, 0.3) is 0 Å². The van der Waals surface area contributed by atoms with Crippen LogP contribution in [0.3, 0.4) is 0 Å². The van der Waals surface area contributed by atoms with Crippen LogP contribution in [0, 0.1) is 6.92 Å². The molecule has 156 valence electrons. The Morgan fingerprint density at radius 1 is 1.00 bits per heavy atom. The number of benzene rings is 3. The Kier molecular flexibility index (Phi) is 5.86. The summed E-state index contributed by atoms with van der Waals surface area (Å²) in [6, 6.07) is 21.1. The van der Waals surface area contributed by atoms with E-state index >= 15 is 0 Å². The number of hydrogen-bond acceptors (Lipinski definition) is 7. The molecule has 1 heterocycles. The monoisotopic (exact) mass is 413 g/mol. The van der Waals surface area contributed by atoms with E-state index in [-0.39, 0.29) is 0 Å². The summed E-state index contributed by atoms with van der Waals surface area (Å²) >= 11 is 0. The van der Waals surface area contributed by atoms with Crippen LogP contribution in [0.25, 0.3) is 22.3 Å². The highest BCUT2D eigenvalue weighted by Crippen LogP contribution is 2.33. The van der Waals surface area contributed by atoms with Crippen LogP contribution in [0.15, 0.2) is 77.0 Å². The van der Waals surface area contributed by atoms with E-state index in [9.17, 15) is 5.11 Å². The topological polar surface area (TPSA) is 92.0 Å². The van der Waals surface area contributed by atoms with Crippen molar-refractivity contribution in [1.82, 2.24) is 9.97 Å². The number of aromatic nitrogens is 2. The number of fused-ring (bicyclic) bond motifs is 1. The number of ether oxygens (including phenoxy) is 1. The highest BCUT2D eigenvalue weighted by Gasteiger charge is 2.14. The van der Waals surface area contributed by atoms with Gasteiger partial charge in [-0.25, -0.2) is 9.97 Å². The summed E-state index contributed by atoms with van der Waals surface area (Å²) in [6.45, 7) is 3.55. The molecule has 0 aliphatic heterocycles. The lowest BCUT2D eigenvalue weighted by molar-refractivity contribution is 0.000115. The highest BCUT2D eigenvalue weighted by molar-refractivity contribution is 5.92. The summed E-state index contributed by atoms with van der Waals surface area (Å²) < 4.78 is 5.56. The Hall–Kier alpha value is -3.84. The third-order valence-corrected chi connectivity index (χ3v) is 4.70. The van der Waals surface area contributed by atoms with E-state index < -0.39 is 6.29 Å². The van der Waals surface area contributed by atoms with Crippen molar-refractivity contribution in [3.63, 3.8) is 0 Å². The third-order valence-electron chi connectivity index (χ3n) is 4.70. The summed E-state index contributed by atoms with van der Waals surface area (Å²) in [4.78, 5) is 9.53. The van der Waals surface area contributed by atoms with Crippen LogP contribution in [0.4, 0.5) is 17.2 Å². The number of nitrogens with zero attached hydrogens (tertiary/aromatic N) is 4. The number of aliphatic hydroxyl groups is 1. The fraction of sp³-hybridized carbons (Fsp3) is 0.167. The van der Waals surface area contributed by atoms with Crippen LogP contribution >= 0.6 is 0 Å². The number of aryl methyl sites for hydroxylation is 1. The SMILES string of the molecule is CN=Nc1ccc(Nc2nc(-c3ccccc3OC(C)O)nc3ccccc23)cc1C. The van der Waals surface area contributed by atoms with Crippen molar-refractivity contribution in [2.24, 2.45) is 10.2 Å². The Balaban J connectivity index is 1.81. The summed E-state index contributed by atoms with van der Waals surface area (Å²) in [6.07, 6.45) is -0.944. The van der Waals surface area contributed by atoms with Gasteiger partial charge in [0.05, 0.1) is 16.8 Å². The van der Waals surface area contributed by atoms with E-state index in [0.29, 0.717) is 23.0 Å². The lowest BCUT2D eigenvalue weighted by Gasteiger charge is -2.15. The van der Waals surface area contributed by atoms with Gasteiger partial charge in [0.2, 0.25) is 0 Å². The minimum Gasteiger partial charge on any atom is -0.465 e. The normalized spacial score (nSPS) is 12.3. The Labute approximate surface area is 180 Å². The van der Waals surface area contributed by atoms with E-state index in [1.54, 1.807) is 20.0 Å². The molecule has 0 radical (unpaired) electrons. The summed E-state index contributed by atoms with van der Waals surface area (Å²) in [5, 5.41) is 22.0. The zero-order chi connectivity index (χ0) is 21.8. The molecule has 31 heavy (non-hydrogen) atoms. The molecule has 7 heteroatoms. The van der Waals surface area contributed by atoms with Crippen LogP contribution in [0.2, 0.25) is 0 Å². The molecule has 0 saturated heterocycles. The predicted octanol–water partition coefficient (Wildman–Crippen LogP) is 5.78. The van der Waals surface area contributed by atoms with E-state index in [1.165, 1.54) is 0 Å². The molecule has 1 aromatic heterocycles. The van der Waals surface area contributed by atoms with Gasteiger partial charge in [0.1, 0.15) is 11.6 Å². The maximum Gasteiger partial charge on any atom is 0.194 e. The van der Waals surface area contributed by atoms with Crippen molar-refractivity contribution in [3.8, 4) is 17.1 Å². The lowest BCUT2D eigenvalue weighted by Crippen LogP contribution is -2.10. The fourth-order valence-corrected chi connectivity index (χ4v) is 3.32. The quantitative estimate of drug-likeness (QED) is 0.309. The number of hydrogen-bond donors (Lipinski definition) is 2. The molecule has 2 N–H and O–H groups in total. The van der Waals surface area contributed by atoms with Gasteiger partial charge < -0.3 is 15.2 Å². The molecule has 7 nitrogen and oxygen atoms in total. The van der Waals surface area contributed by atoms with Gasteiger partial charge in [-0.15, -0.1) is 0 Å². The number of azo groups is 1. The maximum absolute atomic E-state index is 9.70. The zero-order valence-electron chi connectivity index (χ0n) is 17.6. The van der Waals surface area contributed by atoms with Gasteiger partial charge in [-0.2, -0.15) is 10.2 Å². The molecule has 0 bridgehead atoms. The van der Waals surface area contributed by atoms with Gasteiger partial charge >= 0.3 is 0 Å². The van der Waals surface area contributed by atoms with Gasteiger partial charge in [-0.3, -0.25) is 0 Å². The Morgan fingerprint density at radius 2 is 1.77 bits per heavy atom. The number of rotatable bonds is 6. The number of para-hydroxylation sites is 2. The average molecular weight is 413 g/mol. The van der Waals surface area contributed by atoms with Crippen LogP contribution in [-0.2, 0) is 0 Å². The second kappa shape index (κ2) is 8.89. The summed E-state index contributed by atoms with van der Waals surface area (Å²) in [5.41, 5.74) is 4.22. The van der Waals surface area contributed by atoms with Gasteiger partial charge in [-0.05, 0) is 61.9 Å². The van der Waals surface area contributed by atoms with Crippen LogP contribution in [0.5, 0.6) is 5.75 Å². The van der Waals surface area contributed by atoms with Crippen molar-refractivity contribution < 1.29 is 9.84 Å². The molecular weight excluding hydrogens is 390 g/mol. The lowest BCUT2D eigenvalue weighted by atomic mass is 10.1. The summed E-state index contributed by atoms with van der Waals surface area (Å²) in [7, 11) is 1.65. The Bertz CT molecular complexity index is 1250. The molecule has 1 atom stereocenters. The average Bonchev–Trinajstić information content (AvgIpc) is 2.76. The minimum atomic E-state index is -0.944. The molecule has 0 fully saturated rings. The summed E-state index contributed by atoms with van der Waals surface area (Å²) in [5.74, 6) is 1.70. The standard InChI is InChI=1S/C24H23N5O2/c1-15-14-17(12-13-20(15)29-25-3)26-23-18-8-4-6-10-21(18)27-24(28-23)19-9-5-7-11-22(19)31-16(2)30/h4-14,16,30H,1-3H3,(H,26,27,28).